The second-order valence-electron chi connectivity index (χ2n) is 7.10. The maximum absolute atomic E-state index is 12.6. The van der Waals surface area contributed by atoms with Gasteiger partial charge in [-0.15, -0.1) is 0 Å². The smallest absolute Gasteiger partial charge is 0.272 e. The maximum Gasteiger partial charge on any atom is 0.272 e. The summed E-state index contributed by atoms with van der Waals surface area (Å²) in [5, 5.41) is 0. The average Bonchev–Trinajstić information content (AvgIpc) is 3.04. The Morgan fingerprint density at radius 1 is 1.09 bits per heavy atom. The highest BCUT2D eigenvalue weighted by molar-refractivity contribution is 5.92. The molecule has 1 amide bonds. The Hall–Kier alpha value is -1.62. The first kappa shape index (κ1) is 15.3. The van der Waals surface area contributed by atoms with Gasteiger partial charge in [-0.25, -0.2) is 4.98 Å². The number of amides is 1. The summed E-state index contributed by atoms with van der Waals surface area (Å²) >= 11 is 0. The first-order chi connectivity index (χ1) is 10.5. The highest BCUT2D eigenvalue weighted by atomic mass is 16.2. The van der Waals surface area contributed by atoms with Gasteiger partial charge in [0.15, 0.2) is 0 Å². The minimum Gasteiger partial charge on any atom is -0.384 e. The van der Waals surface area contributed by atoms with Crippen molar-refractivity contribution < 1.29 is 4.79 Å². The molecule has 22 heavy (non-hydrogen) atoms. The molecule has 5 heteroatoms. The molecule has 1 aromatic rings. The van der Waals surface area contributed by atoms with Crippen LogP contribution >= 0.6 is 0 Å². The van der Waals surface area contributed by atoms with Crippen LogP contribution in [0.15, 0.2) is 18.2 Å². The van der Waals surface area contributed by atoms with Crippen LogP contribution in [-0.4, -0.2) is 53.9 Å². The monoisotopic (exact) mass is 302 g/mol. The number of pyridine rings is 1. The molecule has 0 radical (unpaired) electrons. The van der Waals surface area contributed by atoms with E-state index in [1.807, 2.05) is 11.9 Å². The molecule has 2 aliphatic rings. The second-order valence-corrected chi connectivity index (χ2v) is 7.10. The van der Waals surface area contributed by atoms with Crippen LogP contribution in [0.2, 0.25) is 0 Å². The Bertz CT molecular complexity index is 545. The van der Waals surface area contributed by atoms with Crippen LogP contribution in [0.25, 0.3) is 0 Å². The molecule has 0 spiro atoms. The summed E-state index contributed by atoms with van der Waals surface area (Å²) in [6, 6.07) is 6.29. The van der Waals surface area contributed by atoms with Crippen molar-refractivity contribution in [1.29, 1.82) is 0 Å². The molecule has 0 bridgehead atoms. The number of nitrogen functional groups attached to an aromatic ring is 1. The Morgan fingerprint density at radius 2 is 1.68 bits per heavy atom. The van der Waals surface area contributed by atoms with Crippen LogP contribution < -0.4 is 5.73 Å². The molecule has 1 heterocycles. The summed E-state index contributed by atoms with van der Waals surface area (Å²) in [6.07, 6.45) is 4.79. The summed E-state index contributed by atoms with van der Waals surface area (Å²) in [7, 11) is 6.25. The van der Waals surface area contributed by atoms with Crippen molar-refractivity contribution in [3.63, 3.8) is 0 Å². The van der Waals surface area contributed by atoms with Gasteiger partial charge in [0.05, 0.1) is 0 Å². The van der Waals surface area contributed by atoms with Crippen LogP contribution in [0, 0.1) is 11.8 Å². The van der Waals surface area contributed by atoms with E-state index in [-0.39, 0.29) is 5.91 Å². The van der Waals surface area contributed by atoms with Crippen molar-refractivity contribution in [2.45, 2.75) is 37.8 Å². The van der Waals surface area contributed by atoms with Crippen molar-refractivity contribution >= 4 is 11.7 Å². The lowest BCUT2D eigenvalue weighted by molar-refractivity contribution is 0.0720. The maximum atomic E-state index is 12.6. The molecule has 120 valence electrons. The zero-order valence-corrected chi connectivity index (χ0v) is 13.7. The van der Waals surface area contributed by atoms with Gasteiger partial charge < -0.3 is 15.5 Å². The Morgan fingerprint density at radius 3 is 2.23 bits per heavy atom. The number of carbonyl (C=O) groups excluding carboxylic acids is 1. The first-order valence-electron chi connectivity index (χ1n) is 8.11. The largest absolute Gasteiger partial charge is 0.384 e. The quantitative estimate of drug-likeness (QED) is 0.925. The van der Waals surface area contributed by atoms with E-state index < -0.39 is 0 Å². The van der Waals surface area contributed by atoms with E-state index >= 15 is 0 Å². The molecule has 2 N–H and O–H groups in total. The third-order valence-corrected chi connectivity index (χ3v) is 5.55. The Balaban J connectivity index is 1.63. The van der Waals surface area contributed by atoms with Gasteiger partial charge in [-0.3, -0.25) is 4.79 Å². The predicted molar refractivity (Wildman–Crippen MR) is 87.5 cm³/mol. The zero-order valence-electron chi connectivity index (χ0n) is 13.7. The molecule has 2 unspecified atom stereocenters. The van der Waals surface area contributed by atoms with Crippen molar-refractivity contribution in [1.82, 2.24) is 14.8 Å². The zero-order chi connectivity index (χ0) is 15.9. The van der Waals surface area contributed by atoms with Gasteiger partial charge in [0.2, 0.25) is 0 Å². The number of carbonyl (C=O) groups is 1. The highest BCUT2D eigenvalue weighted by Gasteiger charge is 2.44. The van der Waals surface area contributed by atoms with Gasteiger partial charge in [0.1, 0.15) is 11.5 Å². The van der Waals surface area contributed by atoms with Crippen molar-refractivity contribution in [3.8, 4) is 0 Å². The van der Waals surface area contributed by atoms with Gasteiger partial charge in [-0.1, -0.05) is 6.07 Å². The van der Waals surface area contributed by atoms with E-state index in [9.17, 15) is 4.79 Å². The summed E-state index contributed by atoms with van der Waals surface area (Å²) in [5.74, 6) is 1.92. The standard InChI is InChI=1S/C17H26N4O/c1-20(2)13-7-11-9-14(10-12(11)8-13)21(3)17(22)15-5-4-6-16(18)19-15/h4-6,11-14H,7-10H2,1-3H3,(H2,18,19)/t11-,12+,13?,14?. The lowest BCUT2D eigenvalue weighted by atomic mass is 10.0. The molecule has 0 aromatic carbocycles. The summed E-state index contributed by atoms with van der Waals surface area (Å²) < 4.78 is 0. The molecule has 1 aromatic heterocycles. The average molecular weight is 302 g/mol. The second kappa shape index (κ2) is 5.88. The SMILES string of the molecule is CN(C)C1C[C@@H]2CC(N(C)C(=O)c3cccc(N)n3)C[C@@H]2C1. The number of hydrogen-bond acceptors (Lipinski definition) is 4. The van der Waals surface area contributed by atoms with Gasteiger partial charge in [0.25, 0.3) is 5.91 Å². The first-order valence-corrected chi connectivity index (χ1v) is 8.11. The van der Waals surface area contributed by atoms with Crippen molar-refractivity contribution in [2.75, 3.05) is 26.9 Å². The van der Waals surface area contributed by atoms with E-state index in [2.05, 4.69) is 24.0 Å². The van der Waals surface area contributed by atoms with Gasteiger partial charge in [0, 0.05) is 19.1 Å². The minimum atomic E-state index is -0.0126. The molecule has 4 atom stereocenters. The van der Waals surface area contributed by atoms with Crippen LogP contribution in [0.3, 0.4) is 0 Å². The van der Waals surface area contributed by atoms with Crippen LogP contribution in [-0.2, 0) is 0 Å². The number of hydrogen-bond donors (Lipinski definition) is 1. The fraction of sp³-hybridized carbons (Fsp3) is 0.647. The van der Waals surface area contributed by atoms with Crippen molar-refractivity contribution in [3.05, 3.63) is 23.9 Å². The Labute approximate surface area is 132 Å². The van der Waals surface area contributed by atoms with E-state index in [1.54, 1.807) is 18.2 Å². The topological polar surface area (TPSA) is 62.5 Å². The van der Waals surface area contributed by atoms with E-state index in [0.29, 0.717) is 23.6 Å². The number of nitrogens with two attached hydrogens (primary N) is 1. The molecule has 2 saturated carbocycles. The number of fused-ring (bicyclic) bond motifs is 1. The third kappa shape index (κ3) is 2.82. The van der Waals surface area contributed by atoms with E-state index in [1.165, 1.54) is 12.8 Å². The van der Waals surface area contributed by atoms with E-state index in [4.69, 9.17) is 5.73 Å². The molecule has 5 nitrogen and oxygen atoms in total. The van der Waals surface area contributed by atoms with E-state index in [0.717, 1.165) is 24.7 Å². The highest BCUT2D eigenvalue weighted by Crippen LogP contribution is 2.46. The predicted octanol–water partition coefficient (Wildman–Crippen LogP) is 1.85. The molecule has 2 fully saturated rings. The lowest BCUT2D eigenvalue weighted by Crippen LogP contribution is -2.37. The molecule has 3 rings (SSSR count). The number of nitrogens with zero attached hydrogens (tertiary/aromatic N) is 3. The summed E-state index contributed by atoms with van der Waals surface area (Å²) in [4.78, 5) is 21.0. The summed E-state index contributed by atoms with van der Waals surface area (Å²) in [5.41, 5.74) is 6.13. The third-order valence-electron chi connectivity index (χ3n) is 5.55. The normalized spacial score (nSPS) is 30.5. The summed E-state index contributed by atoms with van der Waals surface area (Å²) in [6.45, 7) is 0. The van der Waals surface area contributed by atoms with Gasteiger partial charge >= 0.3 is 0 Å². The fourth-order valence-electron chi connectivity index (χ4n) is 4.21. The van der Waals surface area contributed by atoms with Gasteiger partial charge in [-0.05, 0) is 63.7 Å². The van der Waals surface area contributed by atoms with Crippen LogP contribution in [0.4, 0.5) is 5.82 Å². The molecular formula is C17H26N4O. The lowest BCUT2D eigenvalue weighted by Gasteiger charge is -2.27. The molecular weight excluding hydrogens is 276 g/mol. The molecule has 0 saturated heterocycles. The van der Waals surface area contributed by atoms with Crippen molar-refractivity contribution in [2.24, 2.45) is 11.8 Å². The Kier molecular flexibility index (Phi) is 4.08. The number of anilines is 1. The fourth-order valence-corrected chi connectivity index (χ4v) is 4.21. The minimum absolute atomic E-state index is 0.0126. The number of aromatic nitrogens is 1. The van der Waals surface area contributed by atoms with Gasteiger partial charge in [-0.2, -0.15) is 0 Å². The molecule has 0 aliphatic heterocycles. The number of rotatable bonds is 3. The van der Waals surface area contributed by atoms with Crippen LogP contribution in [0.1, 0.15) is 36.2 Å². The molecule has 2 aliphatic carbocycles. The van der Waals surface area contributed by atoms with Crippen LogP contribution in [0.5, 0.6) is 0 Å².